The predicted molar refractivity (Wildman–Crippen MR) is 102 cm³/mol. The van der Waals surface area contributed by atoms with Crippen molar-refractivity contribution < 1.29 is 0 Å². The first-order valence-electron chi connectivity index (χ1n) is 8.08. The van der Waals surface area contributed by atoms with Crippen molar-refractivity contribution in [2.75, 3.05) is 0 Å². The van der Waals surface area contributed by atoms with Crippen molar-refractivity contribution in [1.82, 2.24) is 4.57 Å². The molecule has 24 heavy (non-hydrogen) atoms. The van der Waals surface area contributed by atoms with Crippen molar-refractivity contribution in [3.63, 3.8) is 0 Å². The fourth-order valence-electron chi connectivity index (χ4n) is 2.99. The second-order valence-electron chi connectivity index (χ2n) is 5.86. The Balaban J connectivity index is 1.71. The van der Waals surface area contributed by atoms with E-state index in [1.54, 1.807) is 0 Å². The van der Waals surface area contributed by atoms with Crippen LogP contribution in [0.15, 0.2) is 89.9 Å². The highest BCUT2D eigenvalue weighted by atomic mass is 15.0. The van der Waals surface area contributed by atoms with Crippen LogP contribution in [0.1, 0.15) is 11.4 Å². The molecule has 0 bridgehead atoms. The molecule has 2 heteroatoms. The molecular weight excluding hydrogens is 292 g/mol. The second kappa shape index (κ2) is 6.17. The summed E-state index contributed by atoms with van der Waals surface area (Å²) in [6.45, 7) is 2.11. The molecule has 4 aromatic rings. The fourth-order valence-corrected chi connectivity index (χ4v) is 2.99. The fraction of sp³-hybridized carbons (Fsp3) is 0.0455. The summed E-state index contributed by atoms with van der Waals surface area (Å²) in [7, 11) is 0. The third-order valence-electron chi connectivity index (χ3n) is 4.20. The van der Waals surface area contributed by atoms with E-state index in [1.165, 1.54) is 16.5 Å². The number of aromatic nitrogens is 1. The molecule has 1 heterocycles. The molecule has 3 aromatic carbocycles. The lowest BCUT2D eigenvalue weighted by atomic mass is 10.1. The average molecular weight is 310 g/mol. The van der Waals surface area contributed by atoms with Gasteiger partial charge in [-0.3, -0.25) is 4.99 Å². The van der Waals surface area contributed by atoms with Crippen LogP contribution < -0.4 is 0 Å². The quantitative estimate of drug-likeness (QED) is 0.433. The van der Waals surface area contributed by atoms with Gasteiger partial charge in [-0.25, -0.2) is 0 Å². The zero-order valence-electron chi connectivity index (χ0n) is 13.6. The molecular formula is C22H18N2. The standard InChI is InChI=1S/C22H18N2/c1-17-11-14-22(24(17)21-9-3-2-4-10-21)16-23-20-13-12-18-7-5-6-8-19(18)15-20/h2-16H,1H3. The molecule has 0 spiro atoms. The van der Waals surface area contributed by atoms with Crippen molar-refractivity contribution in [2.24, 2.45) is 4.99 Å². The molecule has 0 aliphatic rings. The van der Waals surface area contributed by atoms with E-state index in [9.17, 15) is 0 Å². The van der Waals surface area contributed by atoms with Gasteiger partial charge in [0.25, 0.3) is 0 Å². The van der Waals surface area contributed by atoms with Crippen LogP contribution in [0.25, 0.3) is 16.5 Å². The number of hydrogen-bond acceptors (Lipinski definition) is 1. The van der Waals surface area contributed by atoms with E-state index in [2.05, 4.69) is 95.3 Å². The van der Waals surface area contributed by atoms with Crippen LogP contribution in [0.3, 0.4) is 0 Å². The first-order valence-corrected chi connectivity index (χ1v) is 8.08. The lowest BCUT2D eigenvalue weighted by molar-refractivity contribution is 1.01. The van der Waals surface area contributed by atoms with Gasteiger partial charge in [0.15, 0.2) is 0 Å². The number of hydrogen-bond donors (Lipinski definition) is 0. The molecule has 116 valence electrons. The maximum atomic E-state index is 4.68. The lowest BCUT2D eigenvalue weighted by Gasteiger charge is -2.09. The summed E-state index contributed by atoms with van der Waals surface area (Å²) in [5.41, 5.74) is 4.39. The van der Waals surface area contributed by atoms with E-state index in [-0.39, 0.29) is 0 Å². The van der Waals surface area contributed by atoms with Crippen molar-refractivity contribution in [1.29, 1.82) is 0 Å². The largest absolute Gasteiger partial charge is 0.313 e. The smallest absolute Gasteiger partial charge is 0.0641 e. The topological polar surface area (TPSA) is 17.3 Å². The Kier molecular flexibility index (Phi) is 3.72. The molecule has 0 amide bonds. The highest BCUT2D eigenvalue weighted by Gasteiger charge is 2.05. The van der Waals surface area contributed by atoms with Crippen LogP contribution in [0.5, 0.6) is 0 Å². The molecule has 0 saturated heterocycles. The SMILES string of the molecule is Cc1ccc(C=Nc2ccc3ccccc3c2)n1-c1ccccc1. The van der Waals surface area contributed by atoms with Crippen molar-refractivity contribution in [3.8, 4) is 5.69 Å². The van der Waals surface area contributed by atoms with Crippen molar-refractivity contribution in [2.45, 2.75) is 6.92 Å². The van der Waals surface area contributed by atoms with Crippen molar-refractivity contribution in [3.05, 3.63) is 96.3 Å². The first kappa shape index (κ1) is 14.5. The molecule has 0 N–H and O–H groups in total. The summed E-state index contributed by atoms with van der Waals surface area (Å²) >= 11 is 0. The van der Waals surface area contributed by atoms with E-state index in [0.29, 0.717) is 0 Å². The van der Waals surface area contributed by atoms with E-state index < -0.39 is 0 Å². The summed E-state index contributed by atoms with van der Waals surface area (Å²) in [6, 6.07) is 29.2. The van der Waals surface area contributed by atoms with Gasteiger partial charge < -0.3 is 4.57 Å². The average Bonchev–Trinajstić information content (AvgIpc) is 3.01. The zero-order valence-corrected chi connectivity index (χ0v) is 13.6. The number of rotatable bonds is 3. The van der Waals surface area contributed by atoms with Gasteiger partial charge in [0.05, 0.1) is 17.6 Å². The Morgan fingerprint density at radius 2 is 1.50 bits per heavy atom. The van der Waals surface area contributed by atoms with Crippen LogP contribution in [0.4, 0.5) is 5.69 Å². The number of fused-ring (bicyclic) bond motifs is 1. The van der Waals surface area contributed by atoms with Crippen LogP contribution in [-0.4, -0.2) is 10.8 Å². The summed E-state index contributed by atoms with van der Waals surface area (Å²) in [4.78, 5) is 4.68. The summed E-state index contributed by atoms with van der Waals surface area (Å²) in [5.74, 6) is 0. The lowest BCUT2D eigenvalue weighted by Crippen LogP contribution is -2.00. The Hall–Kier alpha value is -3.13. The molecule has 4 rings (SSSR count). The molecule has 0 saturated carbocycles. The molecule has 0 radical (unpaired) electrons. The van der Waals surface area contributed by atoms with E-state index >= 15 is 0 Å². The molecule has 1 aromatic heterocycles. The van der Waals surface area contributed by atoms with E-state index in [1.807, 2.05) is 12.3 Å². The maximum absolute atomic E-state index is 4.68. The third-order valence-corrected chi connectivity index (χ3v) is 4.20. The van der Waals surface area contributed by atoms with Gasteiger partial charge in [-0.15, -0.1) is 0 Å². The van der Waals surface area contributed by atoms with Crippen molar-refractivity contribution >= 4 is 22.7 Å². The first-order chi connectivity index (χ1) is 11.8. The Bertz CT molecular complexity index is 1010. The van der Waals surface area contributed by atoms with Gasteiger partial charge in [0.1, 0.15) is 0 Å². The minimum Gasteiger partial charge on any atom is -0.313 e. The second-order valence-corrected chi connectivity index (χ2v) is 5.86. The van der Waals surface area contributed by atoms with Crippen LogP contribution >= 0.6 is 0 Å². The van der Waals surface area contributed by atoms with E-state index in [0.717, 1.165) is 17.1 Å². The number of aryl methyl sites for hydroxylation is 1. The summed E-state index contributed by atoms with van der Waals surface area (Å²) in [6.07, 6.45) is 1.93. The minimum absolute atomic E-state index is 0.965. The Morgan fingerprint density at radius 3 is 2.33 bits per heavy atom. The summed E-state index contributed by atoms with van der Waals surface area (Å²) in [5, 5.41) is 2.45. The molecule has 0 aliphatic carbocycles. The maximum Gasteiger partial charge on any atom is 0.0641 e. The number of aliphatic imine (C=N–C) groups is 1. The van der Waals surface area contributed by atoms with Gasteiger partial charge in [-0.05, 0) is 54.1 Å². The normalized spacial score (nSPS) is 11.4. The third kappa shape index (κ3) is 2.74. The predicted octanol–water partition coefficient (Wildman–Crippen LogP) is 5.69. The minimum atomic E-state index is 0.965. The van der Waals surface area contributed by atoms with E-state index in [4.69, 9.17) is 0 Å². The molecule has 0 fully saturated rings. The van der Waals surface area contributed by atoms with Gasteiger partial charge in [-0.2, -0.15) is 0 Å². The molecule has 0 aliphatic heterocycles. The van der Waals surface area contributed by atoms with Gasteiger partial charge >= 0.3 is 0 Å². The summed E-state index contributed by atoms with van der Waals surface area (Å²) < 4.78 is 2.21. The van der Waals surface area contributed by atoms with Crippen LogP contribution in [0, 0.1) is 6.92 Å². The highest BCUT2D eigenvalue weighted by Crippen LogP contribution is 2.22. The number of nitrogens with zero attached hydrogens (tertiary/aromatic N) is 2. The van der Waals surface area contributed by atoms with Gasteiger partial charge in [0.2, 0.25) is 0 Å². The zero-order chi connectivity index (χ0) is 16.4. The molecule has 0 atom stereocenters. The van der Waals surface area contributed by atoms with Crippen LogP contribution in [0.2, 0.25) is 0 Å². The number of benzene rings is 3. The van der Waals surface area contributed by atoms with Crippen LogP contribution in [-0.2, 0) is 0 Å². The molecule has 2 nitrogen and oxygen atoms in total. The highest BCUT2D eigenvalue weighted by molar-refractivity contribution is 5.87. The van der Waals surface area contributed by atoms with Gasteiger partial charge in [0, 0.05) is 11.4 Å². The Labute approximate surface area is 141 Å². The van der Waals surface area contributed by atoms with Gasteiger partial charge in [-0.1, -0.05) is 48.5 Å². The Morgan fingerprint density at radius 1 is 0.750 bits per heavy atom. The number of para-hydroxylation sites is 1. The monoisotopic (exact) mass is 310 g/mol. The molecule has 0 unspecified atom stereocenters.